The number of hydrogen-bond acceptors (Lipinski definition) is 2. The first kappa shape index (κ1) is 11.7. The largest absolute Gasteiger partial charge is 0.329 e. The van der Waals surface area contributed by atoms with Gasteiger partial charge in [-0.05, 0) is 36.6 Å². The van der Waals surface area contributed by atoms with E-state index >= 15 is 0 Å². The second kappa shape index (κ2) is 5.02. The van der Waals surface area contributed by atoms with Crippen LogP contribution in [0.4, 0.5) is 4.79 Å². The minimum atomic E-state index is -0.363. The van der Waals surface area contributed by atoms with Gasteiger partial charge in [0.2, 0.25) is 0 Å². The van der Waals surface area contributed by atoms with Crippen LogP contribution in [0.25, 0.3) is 0 Å². The molecule has 0 bridgehead atoms. The summed E-state index contributed by atoms with van der Waals surface area (Å²) in [4.78, 5) is 16.9. The van der Waals surface area contributed by atoms with Gasteiger partial charge in [-0.25, -0.2) is 4.98 Å². The summed E-state index contributed by atoms with van der Waals surface area (Å²) in [5.74, 6) is 0.381. The van der Waals surface area contributed by atoms with Gasteiger partial charge in [0.05, 0.1) is 0 Å². The fourth-order valence-corrected chi connectivity index (χ4v) is 2.34. The summed E-state index contributed by atoms with van der Waals surface area (Å²) in [6.45, 7) is 1.39. The summed E-state index contributed by atoms with van der Waals surface area (Å²) >= 11 is 11.3. The van der Waals surface area contributed by atoms with Gasteiger partial charge in [0.15, 0.2) is 0 Å². The molecule has 2 heterocycles. The van der Waals surface area contributed by atoms with Crippen LogP contribution < -0.4 is 0 Å². The Labute approximate surface area is 104 Å². The second-order valence-electron chi connectivity index (χ2n) is 3.90. The molecule has 16 heavy (non-hydrogen) atoms. The van der Waals surface area contributed by atoms with Crippen LogP contribution in [0.3, 0.4) is 0 Å². The predicted octanol–water partition coefficient (Wildman–Crippen LogP) is 3.27. The van der Waals surface area contributed by atoms with Crippen molar-refractivity contribution in [1.29, 1.82) is 0 Å². The van der Waals surface area contributed by atoms with Gasteiger partial charge < -0.3 is 4.90 Å². The van der Waals surface area contributed by atoms with Gasteiger partial charge in [0.1, 0.15) is 5.15 Å². The molecule has 1 aliphatic rings. The minimum absolute atomic E-state index is 0.363. The highest BCUT2D eigenvalue weighted by atomic mass is 35.5. The summed E-state index contributed by atoms with van der Waals surface area (Å²) in [5, 5.41) is 0.158. The molecule has 1 amide bonds. The summed E-state index contributed by atoms with van der Waals surface area (Å²) in [6, 6.07) is 5.65. The first-order valence-corrected chi connectivity index (χ1v) is 5.99. The van der Waals surface area contributed by atoms with Crippen molar-refractivity contribution in [2.75, 3.05) is 13.1 Å². The fraction of sp³-hybridized carbons (Fsp3) is 0.455. The molecule has 0 saturated carbocycles. The van der Waals surface area contributed by atoms with E-state index in [0.717, 1.165) is 18.5 Å². The quantitative estimate of drug-likeness (QED) is 0.440. The zero-order chi connectivity index (χ0) is 11.5. The summed E-state index contributed by atoms with van der Waals surface area (Å²) in [5.41, 5.74) is 1.01. The van der Waals surface area contributed by atoms with E-state index in [9.17, 15) is 4.79 Å². The number of aromatic nitrogens is 1. The van der Waals surface area contributed by atoms with Gasteiger partial charge in [-0.2, -0.15) is 0 Å². The van der Waals surface area contributed by atoms with E-state index in [2.05, 4.69) is 4.98 Å². The molecule has 0 unspecified atom stereocenters. The molecule has 0 aliphatic carbocycles. The van der Waals surface area contributed by atoms with Crippen molar-refractivity contribution in [3.63, 3.8) is 0 Å². The molecule has 3 nitrogen and oxygen atoms in total. The lowest BCUT2D eigenvalue weighted by molar-refractivity contribution is 0.204. The number of likely N-dealkylation sites (tertiary alicyclic amines) is 1. The maximum absolute atomic E-state index is 11.0. The zero-order valence-electron chi connectivity index (χ0n) is 8.70. The Balaban J connectivity index is 2.01. The normalized spacial score (nSPS) is 17.5. The molecule has 1 aromatic rings. The van der Waals surface area contributed by atoms with E-state index in [1.165, 1.54) is 0 Å². The Morgan fingerprint density at radius 2 is 2.06 bits per heavy atom. The van der Waals surface area contributed by atoms with E-state index in [4.69, 9.17) is 23.2 Å². The smallest absolute Gasteiger partial charge is 0.316 e. The average Bonchev–Trinajstić information content (AvgIpc) is 2.29. The van der Waals surface area contributed by atoms with E-state index in [1.807, 2.05) is 12.1 Å². The number of pyridine rings is 1. The van der Waals surface area contributed by atoms with Gasteiger partial charge in [-0.3, -0.25) is 4.79 Å². The first-order chi connectivity index (χ1) is 7.66. The number of piperidine rings is 1. The maximum atomic E-state index is 11.0. The van der Waals surface area contributed by atoms with Crippen LogP contribution in [0.2, 0.25) is 5.15 Å². The third-order valence-corrected chi connectivity index (χ3v) is 3.35. The van der Waals surface area contributed by atoms with Crippen LogP contribution in [0, 0.1) is 0 Å². The second-order valence-corrected chi connectivity index (χ2v) is 4.61. The van der Waals surface area contributed by atoms with E-state index in [1.54, 1.807) is 11.0 Å². The van der Waals surface area contributed by atoms with E-state index in [-0.39, 0.29) is 5.37 Å². The van der Waals surface area contributed by atoms with Crippen molar-refractivity contribution in [3.05, 3.63) is 29.0 Å². The summed E-state index contributed by atoms with van der Waals surface area (Å²) in [7, 11) is 0. The molecule has 0 N–H and O–H groups in total. The van der Waals surface area contributed by atoms with Crippen molar-refractivity contribution in [2.24, 2.45) is 0 Å². The van der Waals surface area contributed by atoms with Gasteiger partial charge in [0, 0.05) is 24.7 Å². The number of hydrogen-bond donors (Lipinski definition) is 0. The number of halogens is 2. The zero-order valence-corrected chi connectivity index (χ0v) is 10.2. The predicted molar refractivity (Wildman–Crippen MR) is 64.0 cm³/mol. The summed E-state index contributed by atoms with van der Waals surface area (Å²) < 4.78 is 0. The monoisotopic (exact) mass is 258 g/mol. The number of carbonyl (C=O) groups is 1. The molecule has 1 saturated heterocycles. The molecular weight excluding hydrogens is 247 g/mol. The standard InChI is InChI=1S/C11H12Cl2N2O/c12-10-3-1-2-9(14-10)8-4-6-15(7-5-8)11(13)16/h1-3,8H,4-7H2. The first-order valence-electron chi connectivity index (χ1n) is 5.23. The van der Waals surface area contributed by atoms with Crippen LogP contribution >= 0.6 is 23.2 Å². The molecule has 1 aliphatic heterocycles. The highest BCUT2D eigenvalue weighted by Gasteiger charge is 2.23. The molecule has 1 aromatic heterocycles. The molecule has 0 spiro atoms. The molecule has 0 aromatic carbocycles. The van der Waals surface area contributed by atoms with Gasteiger partial charge >= 0.3 is 5.37 Å². The number of rotatable bonds is 1. The fourth-order valence-electron chi connectivity index (χ4n) is 2.00. The van der Waals surface area contributed by atoms with E-state index in [0.29, 0.717) is 24.2 Å². The SMILES string of the molecule is O=C(Cl)N1CCC(c2cccc(Cl)n2)CC1. The van der Waals surface area contributed by atoms with Crippen molar-refractivity contribution >= 4 is 28.6 Å². The van der Waals surface area contributed by atoms with Crippen molar-refractivity contribution in [3.8, 4) is 0 Å². The Morgan fingerprint density at radius 1 is 1.38 bits per heavy atom. The molecule has 2 rings (SSSR count). The van der Waals surface area contributed by atoms with Crippen LogP contribution in [0.5, 0.6) is 0 Å². The highest BCUT2D eigenvalue weighted by molar-refractivity contribution is 6.62. The topological polar surface area (TPSA) is 33.2 Å². The number of nitrogens with zero attached hydrogens (tertiary/aromatic N) is 2. The lowest BCUT2D eigenvalue weighted by Gasteiger charge is -2.30. The highest BCUT2D eigenvalue weighted by Crippen LogP contribution is 2.27. The minimum Gasteiger partial charge on any atom is -0.329 e. The molecule has 1 fully saturated rings. The molecule has 0 radical (unpaired) electrons. The van der Waals surface area contributed by atoms with Gasteiger partial charge in [-0.1, -0.05) is 17.7 Å². The van der Waals surface area contributed by atoms with Crippen LogP contribution in [0.1, 0.15) is 24.5 Å². The number of amides is 1. The van der Waals surface area contributed by atoms with E-state index < -0.39 is 0 Å². The third-order valence-electron chi connectivity index (χ3n) is 2.90. The molecular formula is C11H12Cl2N2O. The van der Waals surface area contributed by atoms with Crippen molar-refractivity contribution < 1.29 is 4.79 Å². The van der Waals surface area contributed by atoms with Gasteiger partial charge in [-0.15, -0.1) is 0 Å². The molecule has 0 atom stereocenters. The Kier molecular flexibility index (Phi) is 3.66. The van der Waals surface area contributed by atoms with Crippen molar-refractivity contribution in [2.45, 2.75) is 18.8 Å². The average molecular weight is 259 g/mol. The van der Waals surface area contributed by atoms with Crippen LogP contribution in [-0.4, -0.2) is 28.3 Å². The lowest BCUT2D eigenvalue weighted by Crippen LogP contribution is -2.34. The molecule has 86 valence electrons. The third kappa shape index (κ3) is 2.66. The Morgan fingerprint density at radius 3 is 2.62 bits per heavy atom. The van der Waals surface area contributed by atoms with Crippen molar-refractivity contribution in [1.82, 2.24) is 9.88 Å². The van der Waals surface area contributed by atoms with Gasteiger partial charge in [0.25, 0.3) is 0 Å². The van der Waals surface area contributed by atoms with Crippen LogP contribution in [0.15, 0.2) is 18.2 Å². The molecule has 5 heteroatoms. The Hall–Kier alpha value is -0.800. The number of carbonyl (C=O) groups excluding carboxylic acids is 1. The maximum Gasteiger partial charge on any atom is 0.316 e. The summed E-state index contributed by atoms with van der Waals surface area (Å²) in [6.07, 6.45) is 1.79. The van der Waals surface area contributed by atoms with Crippen LogP contribution in [-0.2, 0) is 0 Å². The Bertz CT molecular complexity index is 389. The lowest BCUT2D eigenvalue weighted by atomic mass is 9.93.